The van der Waals surface area contributed by atoms with Crippen molar-refractivity contribution in [1.29, 1.82) is 5.26 Å². The number of rotatable bonds is 3. The van der Waals surface area contributed by atoms with Gasteiger partial charge in [-0.3, -0.25) is 4.90 Å². The molecule has 0 radical (unpaired) electrons. The normalized spacial score (nSPS) is 19.5. The molecule has 0 saturated carbocycles. The minimum atomic E-state index is 0.474. The molecule has 1 unspecified atom stereocenters. The summed E-state index contributed by atoms with van der Waals surface area (Å²) >= 11 is 6.15. The first-order valence-electron chi connectivity index (χ1n) is 5.67. The summed E-state index contributed by atoms with van der Waals surface area (Å²) < 4.78 is 5.36. The minimum Gasteiger partial charge on any atom is -0.380 e. The Morgan fingerprint density at radius 2 is 2.41 bits per heavy atom. The van der Waals surface area contributed by atoms with Gasteiger partial charge in [0.05, 0.1) is 18.2 Å². The Bertz CT molecular complexity index is 436. The molecule has 0 bridgehead atoms. The second-order valence-electron chi connectivity index (χ2n) is 4.35. The molecule has 0 aromatic heterocycles. The van der Waals surface area contributed by atoms with Crippen LogP contribution in [0.25, 0.3) is 0 Å². The molecule has 1 aliphatic heterocycles. The molecule has 4 heteroatoms. The van der Waals surface area contributed by atoms with Crippen LogP contribution in [0.15, 0.2) is 18.2 Å². The van der Waals surface area contributed by atoms with Gasteiger partial charge in [0.2, 0.25) is 0 Å². The number of ether oxygens (including phenoxy) is 1. The van der Waals surface area contributed by atoms with E-state index in [2.05, 4.69) is 18.0 Å². The summed E-state index contributed by atoms with van der Waals surface area (Å²) in [5.74, 6) is 0. The average Bonchev–Trinajstić information content (AvgIpc) is 2.85. The highest BCUT2D eigenvalue weighted by atomic mass is 35.5. The van der Waals surface area contributed by atoms with Gasteiger partial charge < -0.3 is 4.74 Å². The molecule has 1 fully saturated rings. The highest BCUT2D eigenvalue weighted by Gasteiger charge is 2.20. The van der Waals surface area contributed by atoms with Crippen LogP contribution < -0.4 is 0 Å². The van der Waals surface area contributed by atoms with Crippen molar-refractivity contribution in [3.05, 3.63) is 34.3 Å². The summed E-state index contributed by atoms with van der Waals surface area (Å²) in [6, 6.07) is 8.01. The summed E-state index contributed by atoms with van der Waals surface area (Å²) in [5.41, 5.74) is 1.66. The molecule has 1 aromatic rings. The number of nitrogens with zero attached hydrogens (tertiary/aromatic N) is 2. The zero-order chi connectivity index (χ0) is 12.3. The first-order chi connectivity index (χ1) is 8.20. The first kappa shape index (κ1) is 12.4. The predicted molar refractivity (Wildman–Crippen MR) is 66.9 cm³/mol. The molecular formula is C13H15ClN2O. The van der Waals surface area contributed by atoms with E-state index in [1.165, 1.54) is 0 Å². The molecule has 0 aliphatic carbocycles. The van der Waals surface area contributed by atoms with Crippen molar-refractivity contribution in [3.63, 3.8) is 0 Å². The summed E-state index contributed by atoms with van der Waals surface area (Å²) in [7, 11) is 2.08. The lowest BCUT2D eigenvalue weighted by molar-refractivity contribution is 0.156. The topological polar surface area (TPSA) is 36.3 Å². The van der Waals surface area contributed by atoms with Crippen molar-refractivity contribution < 1.29 is 4.74 Å². The van der Waals surface area contributed by atoms with Crippen LogP contribution in [0.2, 0.25) is 5.02 Å². The van der Waals surface area contributed by atoms with Crippen molar-refractivity contribution in [2.45, 2.75) is 19.0 Å². The van der Waals surface area contributed by atoms with Gasteiger partial charge >= 0.3 is 0 Å². The molecule has 3 nitrogen and oxygen atoms in total. The number of halogens is 1. The van der Waals surface area contributed by atoms with Gasteiger partial charge in [0.15, 0.2) is 0 Å². The third kappa shape index (κ3) is 2.98. The van der Waals surface area contributed by atoms with Gasteiger partial charge in [-0.05, 0) is 31.2 Å². The molecule has 2 rings (SSSR count). The Labute approximate surface area is 107 Å². The highest BCUT2D eigenvalue weighted by Crippen LogP contribution is 2.21. The minimum absolute atomic E-state index is 0.474. The fourth-order valence-electron chi connectivity index (χ4n) is 2.01. The van der Waals surface area contributed by atoms with Gasteiger partial charge in [0, 0.05) is 24.2 Å². The number of likely N-dealkylation sites (N-methyl/N-ethyl adjacent to an activating group) is 1. The van der Waals surface area contributed by atoms with Gasteiger partial charge in [-0.15, -0.1) is 0 Å². The monoisotopic (exact) mass is 250 g/mol. The third-order valence-electron chi connectivity index (χ3n) is 3.13. The second kappa shape index (κ2) is 5.50. The molecule has 0 amide bonds. The Morgan fingerprint density at radius 3 is 3.00 bits per heavy atom. The average molecular weight is 251 g/mol. The number of nitriles is 1. The second-order valence-corrected chi connectivity index (χ2v) is 4.76. The Hall–Kier alpha value is -1.08. The van der Waals surface area contributed by atoms with Crippen LogP contribution in [0.3, 0.4) is 0 Å². The van der Waals surface area contributed by atoms with E-state index < -0.39 is 0 Å². The Balaban J connectivity index is 2.05. The largest absolute Gasteiger partial charge is 0.380 e. The summed E-state index contributed by atoms with van der Waals surface area (Å²) in [4.78, 5) is 2.25. The number of hydrogen-bond donors (Lipinski definition) is 0. The van der Waals surface area contributed by atoms with Gasteiger partial charge in [0.25, 0.3) is 0 Å². The molecule has 90 valence electrons. The number of benzene rings is 1. The maximum absolute atomic E-state index is 8.77. The van der Waals surface area contributed by atoms with E-state index in [9.17, 15) is 0 Å². The SMILES string of the molecule is CN(Cc1ccc(C#N)cc1Cl)C1CCOC1. The molecule has 0 N–H and O–H groups in total. The molecule has 1 atom stereocenters. The quantitative estimate of drug-likeness (QED) is 0.827. The van der Waals surface area contributed by atoms with Crippen LogP contribution in [-0.4, -0.2) is 31.2 Å². The van der Waals surface area contributed by atoms with Gasteiger partial charge in [-0.2, -0.15) is 5.26 Å². The summed E-state index contributed by atoms with van der Waals surface area (Å²) in [6.45, 7) is 2.43. The highest BCUT2D eigenvalue weighted by molar-refractivity contribution is 6.31. The maximum Gasteiger partial charge on any atom is 0.0992 e. The molecule has 1 heterocycles. The van der Waals surface area contributed by atoms with Crippen LogP contribution in [0.5, 0.6) is 0 Å². The van der Waals surface area contributed by atoms with Crippen molar-refractivity contribution in [3.8, 4) is 6.07 Å². The van der Waals surface area contributed by atoms with E-state index >= 15 is 0 Å². The van der Waals surface area contributed by atoms with Crippen molar-refractivity contribution >= 4 is 11.6 Å². The molecule has 17 heavy (non-hydrogen) atoms. The molecule has 1 aromatic carbocycles. The van der Waals surface area contributed by atoms with Crippen LogP contribution >= 0.6 is 11.6 Å². The maximum atomic E-state index is 8.77. The Kier molecular flexibility index (Phi) is 4.01. The Morgan fingerprint density at radius 1 is 1.59 bits per heavy atom. The van der Waals surface area contributed by atoms with E-state index in [1.54, 1.807) is 12.1 Å². The van der Waals surface area contributed by atoms with Gasteiger partial charge in [0.1, 0.15) is 0 Å². The van der Waals surface area contributed by atoms with E-state index in [4.69, 9.17) is 21.6 Å². The van der Waals surface area contributed by atoms with E-state index in [-0.39, 0.29) is 0 Å². The molecule has 1 aliphatic rings. The van der Waals surface area contributed by atoms with E-state index in [0.717, 1.165) is 31.7 Å². The van der Waals surface area contributed by atoms with Gasteiger partial charge in [-0.1, -0.05) is 17.7 Å². The fourth-order valence-corrected chi connectivity index (χ4v) is 2.25. The lowest BCUT2D eigenvalue weighted by Crippen LogP contribution is -2.31. The lowest BCUT2D eigenvalue weighted by atomic mass is 10.1. The summed E-state index contributed by atoms with van der Waals surface area (Å²) in [5, 5.41) is 9.43. The van der Waals surface area contributed by atoms with Crippen LogP contribution in [0.4, 0.5) is 0 Å². The molecular weight excluding hydrogens is 236 g/mol. The van der Waals surface area contributed by atoms with Crippen LogP contribution in [-0.2, 0) is 11.3 Å². The third-order valence-corrected chi connectivity index (χ3v) is 3.48. The van der Waals surface area contributed by atoms with E-state index in [0.29, 0.717) is 16.6 Å². The zero-order valence-electron chi connectivity index (χ0n) is 9.82. The zero-order valence-corrected chi connectivity index (χ0v) is 10.6. The van der Waals surface area contributed by atoms with Crippen molar-refractivity contribution in [2.75, 3.05) is 20.3 Å². The van der Waals surface area contributed by atoms with Crippen LogP contribution in [0, 0.1) is 11.3 Å². The van der Waals surface area contributed by atoms with Gasteiger partial charge in [-0.25, -0.2) is 0 Å². The smallest absolute Gasteiger partial charge is 0.0992 e. The van der Waals surface area contributed by atoms with E-state index in [1.807, 2.05) is 6.07 Å². The van der Waals surface area contributed by atoms with Crippen LogP contribution in [0.1, 0.15) is 17.5 Å². The predicted octanol–water partition coefficient (Wildman–Crippen LogP) is 2.43. The summed E-state index contributed by atoms with van der Waals surface area (Å²) in [6.07, 6.45) is 1.07. The standard InChI is InChI=1S/C13H15ClN2O/c1-16(12-4-5-17-9-12)8-11-3-2-10(7-15)6-13(11)14/h2-3,6,12H,4-5,8-9H2,1H3. The van der Waals surface area contributed by atoms with Crippen molar-refractivity contribution in [2.24, 2.45) is 0 Å². The van der Waals surface area contributed by atoms with Crippen molar-refractivity contribution in [1.82, 2.24) is 4.90 Å². The number of hydrogen-bond acceptors (Lipinski definition) is 3. The molecule has 1 saturated heterocycles. The fraction of sp³-hybridized carbons (Fsp3) is 0.462. The first-order valence-corrected chi connectivity index (χ1v) is 6.05. The lowest BCUT2D eigenvalue weighted by Gasteiger charge is -2.23. The molecule has 0 spiro atoms.